The third-order valence-corrected chi connectivity index (χ3v) is 7.47. The number of aromatic nitrogens is 1. The van der Waals surface area contributed by atoms with Gasteiger partial charge in [-0.25, -0.2) is 4.98 Å². The number of aryl methyl sites for hydroxylation is 1. The summed E-state index contributed by atoms with van der Waals surface area (Å²) in [4.78, 5) is 34.8. The number of rotatable bonds is 3. The first kappa shape index (κ1) is 21.8. The molecule has 1 fully saturated rings. The van der Waals surface area contributed by atoms with Crippen molar-refractivity contribution in [3.63, 3.8) is 0 Å². The van der Waals surface area contributed by atoms with Crippen molar-refractivity contribution in [3.8, 4) is 0 Å². The molecule has 1 aromatic heterocycles. The Morgan fingerprint density at radius 3 is 2.58 bits per heavy atom. The average molecular weight is 441 g/mol. The number of nitrogens with zero attached hydrogens (tertiary/aromatic N) is 3. The summed E-state index contributed by atoms with van der Waals surface area (Å²) in [6.07, 6.45) is 2.43. The molecular formula is C24H32N4O2S. The Balaban J connectivity index is 1.39. The highest BCUT2D eigenvalue weighted by atomic mass is 32.1. The van der Waals surface area contributed by atoms with Crippen molar-refractivity contribution in [2.45, 2.75) is 52.4 Å². The van der Waals surface area contributed by atoms with Crippen molar-refractivity contribution in [2.75, 3.05) is 36.4 Å². The van der Waals surface area contributed by atoms with Gasteiger partial charge in [0.05, 0.1) is 5.69 Å². The number of nitrogens with one attached hydrogen (secondary N) is 1. The molecule has 2 heterocycles. The number of fused-ring (bicyclic) bond motifs is 1. The maximum Gasteiger partial charge on any atom is 0.227 e. The smallest absolute Gasteiger partial charge is 0.227 e. The van der Waals surface area contributed by atoms with Crippen molar-refractivity contribution in [1.82, 2.24) is 9.88 Å². The highest BCUT2D eigenvalue weighted by Crippen LogP contribution is 2.35. The van der Waals surface area contributed by atoms with Gasteiger partial charge in [-0.1, -0.05) is 32.9 Å². The van der Waals surface area contributed by atoms with Gasteiger partial charge in [0.15, 0.2) is 5.13 Å². The fraction of sp³-hybridized carbons (Fsp3) is 0.542. The quantitative estimate of drug-likeness (QED) is 0.787. The van der Waals surface area contributed by atoms with Gasteiger partial charge in [0, 0.05) is 49.6 Å². The zero-order valence-corrected chi connectivity index (χ0v) is 19.7. The van der Waals surface area contributed by atoms with Crippen molar-refractivity contribution < 1.29 is 9.59 Å². The highest BCUT2D eigenvalue weighted by molar-refractivity contribution is 7.15. The van der Waals surface area contributed by atoms with Gasteiger partial charge < -0.3 is 15.1 Å². The Labute approximate surface area is 188 Å². The minimum atomic E-state index is -0.0198. The number of carbonyl (C=O) groups is 2. The van der Waals surface area contributed by atoms with E-state index in [-0.39, 0.29) is 23.1 Å². The topological polar surface area (TPSA) is 65.5 Å². The van der Waals surface area contributed by atoms with Crippen molar-refractivity contribution >= 4 is 34.0 Å². The van der Waals surface area contributed by atoms with E-state index in [1.165, 1.54) is 10.4 Å². The van der Waals surface area contributed by atoms with Gasteiger partial charge in [-0.05, 0) is 42.4 Å². The van der Waals surface area contributed by atoms with E-state index in [2.05, 4.69) is 43.1 Å². The lowest BCUT2D eigenvalue weighted by Crippen LogP contribution is -2.48. The molecule has 1 aromatic carbocycles. The van der Waals surface area contributed by atoms with Crippen LogP contribution in [0.25, 0.3) is 0 Å². The average Bonchev–Trinajstić information content (AvgIpc) is 3.17. The molecule has 1 saturated heterocycles. The second-order valence-electron chi connectivity index (χ2n) is 9.62. The van der Waals surface area contributed by atoms with Crippen LogP contribution in [0.5, 0.6) is 0 Å². The first-order valence-corrected chi connectivity index (χ1v) is 11.9. The largest absolute Gasteiger partial charge is 0.345 e. The molecule has 4 rings (SSSR count). The Bertz CT molecular complexity index is 970. The van der Waals surface area contributed by atoms with Crippen molar-refractivity contribution in [2.24, 2.45) is 5.92 Å². The van der Waals surface area contributed by atoms with Crippen molar-refractivity contribution in [3.05, 3.63) is 40.4 Å². The minimum Gasteiger partial charge on any atom is -0.345 e. The second-order valence-corrected chi connectivity index (χ2v) is 10.7. The molecule has 1 atom stereocenters. The fourth-order valence-corrected chi connectivity index (χ4v) is 5.48. The number of carbonyl (C=O) groups excluding carboxylic acids is 2. The predicted octanol–water partition coefficient (Wildman–Crippen LogP) is 3.85. The van der Waals surface area contributed by atoms with Gasteiger partial charge in [0.2, 0.25) is 11.8 Å². The lowest BCUT2D eigenvalue weighted by atomic mass is 9.87. The summed E-state index contributed by atoms with van der Waals surface area (Å²) in [5.74, 6) is 0.218. The molecule has 31 heavy (non-hydrogen) atoms. The maximum absolute atomic E-state index is 13.0. The van der Waals surface area contributed by atoms with E-state index >= 15 is 0 Å². The number of benzene rings is 1. The molecule has 1 aliphatic carbocycles. The number of piperazine rings is 1. The van der Waals surface area contributed by atoms with Gasteiger partial charge in [-0.3, -0.25) is 9.59 Å². The molecule has 0 bridgehead atoms. The summed E-state index contributed by atoms with van der Waals surface area (Å²) >= 11 is 1.72. The molecule has 2 amide bonds. The van der Waals surface area contributed by atoms with Crippen molar-refractivity contribution in [1.29, 1.82) is 0 Å². The molecule has 1 unspecified atom stereocenters. The van der Waals surface area contributed by atoms with Gasteiger partial charge in [-0.2, -0.15) is 0 Å². The van der Waals surface area contributed by atoms with Crippen LogP contribution in [0.1, 0.15) is 50.3 Å². The van der Waals surface area contributed by atoms with E-state index in [4.69, 9.17) is 4.98 Å². The Kier molecular flexibility index (Phi) is 6.06. The SMILES string of the molecule is CC(=O)N1CCN(c2nc3c(s2)CC(C(=O)Nc2cccc(C(C)(C)C)c2)CC3)CC1. The first-order valence-electron chi connectivity index (χ1n) is 11.1. The third-order valence-electron chi connectivity index (χ3n) is 6.29. The number of anilines is 2. The van der Waals surface area contributed by atoms with E-state index < -0.39 is 0 Å². The van der Waals surface area contributed by atoms with E-state index in [9.17, 15) is 9.59 Å². The molecule has 0 saturated carbocycles. The van der Waals surface area contributed by atoms with Crippen LogP contribution >= 0.6 is 11.3 Å². The monoisotopic (exact) mass is 440 g/mol. The van der Waals surface area contributed by atoms with Gasteiger partial charge >= 0.3 is 0 Å². The minimum absolute atomic E-state index is 0.0198. The standard InChI is InChI=1S/C24H32N4O2S/c1-16(29)27-10-12-28(13-11-27)23-26-20-9-8-17(14-21(20)31-23)22(30)25-19-7-5-6-18(15-19)24(2,3)4/h5-7,15,17H,8-14H2,1-4H3,(H,25,30). The van der Waals surface area contributed by atoms with Gasteiger partial charge in [-0.15, -0.1) is 11.3 Å². The number of thiazole rings is 1. The lowest BCUT2D eigenvalue weighted by molar-refractivity contribution is -0.129. The van der Waals surface area contributed by atoms with E-state index in [0.29, 0.717) is 0 Å². The Hall–Kier alpha value is -2.41. The molecule has 2 aliphatic rings. The molecule has 7 heteroatoms. The lowest BCUT2D eigenvalue weighted by Gasteiger charge is -2.33. The number of hydrogen-bond acceptors (Lipinski definition) is 5. The fourth-order valence-electron chi connectivity index (χ4n) is 4.24. The van der Waals surface area contributed by atoms with Gasteiger partial charge in [0.25, 0.3) is 0 Å². The highest BCUT2D eigenvalue weighted by Gasteiger charge is 2.29. The number of amides is 2. The third kappa shape index (κ3) is 4.92. The van der Waals surface area contributed by atoms with E-state index in [1.807, 2.05) is 17.0 Å². The maximum atomic E-state index is 13.0. The molecule has 1 aliphatic heterocycles. The predicted molar refractivity (Wildman–Crippen MR) is 126 cm³/mol. The van der Waals surface area contributed by atoms with Crippen LogP contribution in [-0.2, 0) is 27.8 Å². The summed E-state index contributed by atoms with van der Waals surface area (Å²) < 4.78 is 0. The number of hydrogen-bond donors (Lipinski definition) is 1. The Morgan fingerprint density at radius 1 is 1.16 bits per heavy atom. The van der Waals surface area contributed by atoms with Crippen LogP contribution in [-0.4, -0.2) is 47.9 Å². The van der Waals surface area contributed by atoms with Crippen LogP contribution in [0.15, 0.2) is 24.3 Å². The zero-order valence-electron chi connectivity index (χ0n) is 18.9. The molecule has 6 nitrogen and oxygen atoms in total. The first-order chi connectivity index (χ1) is 14.7. The van der Waals surface area contributed by atoms with Crippen LogP contribution in [0.2, 0.25) is 0 Å². The second kappa shape index (κ2) is 8.61. The molecule has 2 aromatic rings. The molecule has 166 valence electrons. The molecular weight excluding hydrogens is 408 g/mol. The summed E-state index contributed by atoms with van der Waals surface area (Å²) in [7, 11) is 0. The van der Waals surface area contributed by atoms with Crippen LogP contribution in [0.3, 0.4) is 0 Å². The molecule has 0 spiro atoms. The summed E-state index contributed by atoms with van der Waals surface area (Å²) in [5.41, 5.74) is 3.28. The normalized spacial score (nSPS) is 19.2. The van der Waals surface area contributed by atoms with Crippen LogP contribution in [0, 0.1) is 5.92 Å². The van der Waals surface area contributed by atoms with Crippen LogP contribution in [0.4, 0.5) is 10.8 Å². The summed E-state index contributed by atoms with van der Waals surface area (Å²) in [6, 6.07) is 8.17. The summed E-state index contributed by atoms with van der Waals surface area (Å²) in [6.45, 7) is 11.3. The molecule has 0 radical (unpaired) electrons. The van der Waals surface area contributed by atoms with Gasteiger partial charge in [0.1, 0.15) is 0 Å². The van der Waals surface area contributed by atoms with E-state index in [1.54, 1.807) is 18.3 Å². The Morgan fingerprint density at radius 2 is 1.90 bits per heavy atom. The summed E-state index contributed by atoms with van der Waals surface area (Å²) in [5, 5.41) is 4.17. The van der Waals surface area contributed by atoms with E-state index in [0.717, 1.165) is 62.0 Å². The zero-order chi connectivity index (χ0) is 22.2. The molecule has 1 N–H and O–H groups in total. The van der Waals surface area contributed by atoms with Crippen LogP contribution < -0.4 is 10.2 Å².